The Labute approximate surface area is 141 Å². The summed E-state index contributed by atoms with van der Waals surface area (Å²) in [6.45, 7) is 2.77. The second kappa shape index (κ2) is 5.92. The molecular weight excluding hydrogens is 308 g/mol. The van der Waals surface area contributed by atoms with E-state index < -0.39 is 17.6 Å². The van der Waals surface area contributed by atoms with Crippen molar-refractivity contribution in [2.45, 2.75) is 44.8 Å². The van der Waals surface area contributed by atoms with Crippen molar-refractivity contribution in [1.82, 2.24) is 9.80 Å². The van der Waals surface area contributed by atoms with E-state index in [2.05, 4.69) is 6.07 Å². The minimum absolute atomic E-state index is 0.0239. The molecule has 1 fully saturated rings. The molecule has 1 aromatic carbocycles. The highest BCUT2D eigenvalue weighted by molar-refractivity contribution is 6.04. The summed E-state index contributed by atoms with van der Waals surface area (Å²) in [5.41, 5.74) is 1.20. The first-order valence-electron chi connectivity index (χ1n) is 8.19. The van der Waals surface area contributed by atoms with Crippen LogP contribution >= 0.6 is 0 Å². The molecule has 3 amide bonds. The van der Waals surface area contributed by atoms with E-state index >= 15 is 0 Å². The topological polar surface area (TPSA) is 66.9 Å². The highest BCUT2D eigenvalue weighted by atomic mass is 16.6. The van der Waals surface area contributed by atoms with Crippen LogP contribution in [0.4, 0.5) is 4.79 Å². The molecule has 0 unspecified atom stereocenters. The molecule has 0 N–H and O–H groups in total. The molecule has 6 heteroatoms. The number of likely N-dealkylation sites (N-methyl/N-ethyl adjacent to an activating group) is 1. The van der Waals surface area contributed by atoms with Gasteiger partial charge in [0, 0.05) is 7.05 Å². The molecule has 24 heavy (non-hydrogen) atoms. The third-order valence-corrected chi connectivity index (χ3v) is 4.82. The normalized spacial score (nSPS) is 22.1. The predicted molar refractivity (Wildman–Crippen MR) is 87.2 cm³/mol. The average molecular weight is 330 g/mol. The SMILES string of the molecule is CN(C(=O)CN1C(=O)OC(C)(C)C1=O)[C@H]1CCCc2ccccc21. The van der Waals surface area contributed by atoms with Crippen molar-refractivity contribution < 1.29 is 19.1 Å². The number of hydrogen-bond acceptors (Lipinski definition) is 4. The monoisotopic (exact) mass is 330 g/mol. The summed E-state index contributed by atoms with van der Waals surface area (Å²) >= 11 is 0. The van der Waals surface area contributed by atoms with Crippen molar-refractivity contribution in [3.05, 3.63) is 35.4 Å². The Morgan fingerprint density at radius 3 is 2.71 bits per heavy atom. The van der Waals surface area contributed by atoms with Crippen molar-refractivity contribution >= 4 is 17.9 Å². The van der Waals surface area contributed by atoms with Crippen LogP contribution in [0.1, 0.15) is 43.9 Å². The number of fused-ring (bicyclic) bond motifs is 1. The fourth-order valence-electron chi connectivity index (χ4n) is 3.41. The van der Waals surface area contributed by atoms with Crippen LogP contribution in [0.15, 0.2) is 24.3 Å². The summed E-state index contributed by atoms with van der Waals surface area (Å²) in [7, 11) is 1.73. The number of ether oxygens (including phenoxy) is 1. The summed E-state index contributed by atoms with van der Waals surface area (Å²) in [5.74, 6) is -0.738. The third kappa shape index (κ3) is 2.77. The number of benzene rings is 1. The summed E-state index contributed by atoms with van der Waals surface area (Å²) < 4.78 is 5.02. The average Bonchev–Trinajstić information content (AvgIpc) is 2.75. The molecule has 128 valence electrons. The Kier molecular flexibility index (Phi) is 4.07. The number of hydrogen-bond donors (Lipinski definition) is 0. The Bertz CT molecular complexity index is 698. The van der Waals surface area contributed by atoms with Gasteiger partial charge >= 0.3 is 6.09 Å². The quantitative estimate of drug-likeness (QED) is 0.853. The second-order valence-electron chi connectivity index (χ2n) is 6.88. The molecule has 3 rings (SSSR count). The fourth-order valence-corrected chi connectivity index (χ4v) is 3.41. The molecule has 0 saturated carbocycles. The lowest BCUT2D eigenvalue weighted by Crippen LogP contribution is -2.44. The number of aryl methyl sites for hydroxylation is 1. The Hall–Kier alpha value is -2.37. The largest absolute Gasteiger partial charge is 0.433 e. The van der Waals surface area contributed by atoms with Gasteiger partial charge in [-0.3, -0.25) is 9.59 Å². The number of carbonyl (C=O) groups is 3. The minimum atomic E-state index is -1.20. The predicted octanol–water partition coefficient (Wildman–Crippen LogP) is 2.28. The van der Waals surface area contributed by atoms with Gasteiger partial charge in [0.25, 0.3) is 5.91 Å². The van der Waals surface area contributed by atoms with Crippen LogP contribution in [0.3, 0.4) is 0 Å². The maximum absolute atomic E-state index is 12.6. The zero-order valence-electron chi connectivity index (χ0n) is 14.2. The van der Waals surface area contributed by atoms with E-state index in [9.17, 15) is 14.4 Å². The second-order valence-corrected chi connectivity index (χ2v) is 6.88. The first-order valence-corrected chi connectivity index (χ1v) is 8.19. The lowest BCUT2D eigenvalue weighted by atomic mass is 9.87. The smallest absolute Gasteiger partial charge is 0.418 e. The fraction of sp³-hybridized carbons (Fsp3) is 0.500. The van der Waals surface area contributed by atoms with Gasteiger partial charge in [0.1, 0.15) is 6.54 Å². The molecule has 0 spiro atoms. The maximum atomic E-state index is 12.6. The first-order chi connectivity index (χ1) is 11.3. The molecule has 1 atom stereocenters. The number of amides is 3. The number of cyclic esters (lactones) is 1. The summed E-state index contributed by atoms with van der Waals surface area (Å²) in [5, 5.41) is 0. The summed E-state index contributed by atoms with van der Waals surface area (Å²) in [4.78, 5) is 39.2. The molecule has 0 bridgehead atoms. The van der Waals surface area contributed by atoms with Crippen LogP contribution in [0.2, 0.25) is 0 Å². The van der Waals surface area contributed by atoms with Crippen molar-refractivity contribution in [3.8, 4) is 0 Å². The first kappa shape index (κ1) is 16.5. The summed E-state index contributed by atoms with van der Waals surface area (Å²) in [6.07, 6.45) is 2.15. The van der Waals surface area contributed by atoms with E-state index in [-0.39, 0.29) is 18.5 Å². The Morgan fingerprint density at radius 1 is 1.33 bits per heavy atom. The number of carbonyl (C=O) groups excluding carboxylic acids is 3. The molecule has 0 aromatic heterocycles. The van der Waals surface area contributed by atoms with Crippen molar-refractivity contribution in [2.75, 3.05) is 13.6 Å². The van der Waals surface area contributed by atoms with E-state index in [1.807, 2.05) is 18.2 Å². The highest BCUT2D eigenvalue weighted by Crippen LogP contribution is 2.33. The highest BCUT2D eigenvalue weighted by Gasteiger charge is 2.48. The van der Waals surface area contributed by atoms with Crippen molar-refractivity contribution in [2.24, 2.45) is 0 Å². The maximum Gasteiger partial charge on any atom is 0.418 e. The third-order valence-electron chi connectivity index (χ3n) is 4.82. The Balaban J connectivity index is 1.75. The van der Waals surface area contributed by atoms with E-state index in [0.717, 1.165) is 29.7 Å². The minimum Gasteiger partial charge on any atom is -0.433 e. The standard InChI is InChI=1S/C18H22N2O4/c1-18(2)16(22)20(17(23)24-18)11-15(21)19(3)14-10-6-8-12-7-4-5-9-13(12)14/h4-5,7,9,14H,6,8,10-11H2,1-3H3/t14-/m0/s1. The van der Waals surface area contributed by atoms with Crippen molar-refractivity contribution in [1.29, 1.82) is 0 Å². The summed E-state index contributed by atoms with van der Waals surface area (Å²) in [6, 6.07) is 8.08. The van der Waals surface area contributed by atoms with E-state index in [1.54, 1.807) is 11.9 Å². The van der Waals surface area contributed by atoms with Crippen LogP contribution in [0.25, 0.3) is 0 Å². The van der Waals surface area contributed by atoms with Crippen LogP contribution in [-0.4, -0.2) is 46.9 Å². The van der Waals surface area contributed by atoms with Gasteiger partial charge in [-0.2, -0.15) is 0 Å². The van der Waals surface area contributed by atoms with Crippen LogP contribution in [-0.2, 0) is 20.7 Å². The zero-order chi connectivity index (χ0) is 17.5. The van der Waals surface area contributed by atoms with Crippen LogP contribution < -0.4 is 0 Å². The van der Waals surface area contributed by atoms with Gasteiger partial charge in [-0.05, 0) is 44.2 Å². The number of rotatable bonds is 3. The van der Waals surface area contributed by atoms with Gasteiger partial charge in [0.05, 0.1) is 6.04 Å². The molecule has 1 aliphatic carbocycles. The van der Waals surface area contributed by atoms with Gasteiger partial charge in [0.15, 0.2) is 5.60 Å². The molecule has 1 aliphatic heterocycles. The van der Waals surface area contributed by atoms with E-state index in [4.69, 9.17) is 4.74 Å². The zero-order valence-corrected chi connectivity index (χ0v) is 14.2. The van der Waals surface area contributed by atoms with E-state index in [0.29, 0.717) is 0 Å². The van der Waals surface area contributed by atoms with Crippen LogP contribution in [0, 0.1) is 0 Å². The van der Waals surface area contributed by atoms with Gasteiger partial charge < -0.3 is 9.64 Å². The lowest BCUT2D eigenvalue weighted by molar-refractivity contribution is -0.140. The molecule has 1 aromatic rings. The Morgan fingerprint density at radius 2 is 2.04 bits per heavy atom. The number of imide groups is 1. The van der Waals surface area contributed by atoms with E-state index in [1.165, 1.54) is 19.4 Å². The number of nitrogens with zero attached hydrogens (tertiary/aromatic N) is 2. The molecule has 1 saturated heterocycles. The lowest BCUT2D eigenvalue weighted by Gasteiger charge is -2.33. The van der Waals surface area contributed by atoms with Gasteiger partial charge in [0.2, 0.25) is 5.91 Å². The van der Waals surface area contributed by atoms with Crippen LogP contribution in [0.5, 0.6) is 0 Å². The van der Waals surface area contributed by atoms with Gasteiger partial charge in [-0.15, -0.1) is 0 Å². The molecule has 0 radical (unpaired) electrons. The molecule has 1 heterocycles. The molecule has 2 aliphatic rings. The van der Waals surface area contributed by atoms with Gasteiger partial charge in [-0.1, -0.05) is 24.3 Å². The van der Waals surface area contributed by atoms with Crippen molar-refractivity contribution in [3.63, 3.8) is 0 Å². The van der Waals surface area contributed by atoms with Gasteiger partial charge in [-0.25, -0.2) is 9.69 Å². The molecule has 6 nitrogen and oxygen atoms in total. The molecular formula is C18H22N2O4.